The van der Waals surface area contributed by atoms with E-state index in [9.17, 15) is 17.6 Å². The first-order chi connectivity index (χ1) is 10.9. The Balaban J connectivity index is 1.51. The Hall–Kier alpha value is -1.43. The Morgan fingerprint density at radius 1 is 1.22 bits per heavy atom. The number of benzene rings is 1. The van der Waals surface area contributed by atoms with Gasteiger partial charge in [-0.25, -0.2) is 12.8 Å². The molecular formula is C17H22FNO3S. The van der Waals surface area contributed by atoms with Crippen molar-refractivity contribution >= 4 is 15.7 Å². The molecule has 0 radical (unpaired) electrons. The van der Waals surface area contributed by atoms with E-state index in [1.54, 1.807) is 12.1 Å². The highest BCUT2D eigenvalue weighted by molar-refractivity contribution is 7.91. The molecule has 2 saturated heterocycles. The number of carbonyl (C=O) groups is 1. The smallest absolute Gasteiger partial charge is 0.226 e. The van der Waals surface area contributed by atoms with E-state index in [2.05, 4.69) is 0 Å². The van der Waals surface area contributed by atoms with Crippen LogP contribution in [0, 0.1) is 17.7 Å². The van der Waals surface area contributed by atoms with Gasteiger partial charge in [0.25, 0.3) is 0 Å². The van der Waals surface area contributed by atoms with Crippen molar-refractivity contribution < 1.29 is 17.6 Å². The molecule has 1 amide bonds. The standard InChI is InChI=1S/C17H22FNO3S/c18-16-3-1-2-14(11-16)10-13-4-7-19(8-5-13)17(20)15-6-9-23(21,22)12-15/h1-3,11,13,15H,4-10,12H2/t15-/m0/s1. The average molecular weight is 339 g/mol. The summed E-state index contributed by atoms with van der Waals surface area (Å²) in [4.78, 5) is 14.2. The fourth-order valence-electron chi connectivity index (χ4n) is 3.60. The van der Waals surface area contributed by atoms with E-state index in [1.807, 2.05) is 11.0 Å². The molecule has 2 fully saturated rings. The van der Waals surface area contributed by atoms with Gasteiger partial charge in [-0.05, 0) is 49.3 Å². The summed E-state index contributed by atoms with van der Waals surface area (Å²) in [7, 11) is -3.02. The first kappa shape index (κ1) is 16.4. The maximum atomic E-state index is 13.2. The molecule has 0 N–H and O–H groups in total. The number of hydrogen-bond acceptors (Lipinski definition) is 3. The Morgan fingerprint density at radius 3 is 2.57 bits per heavy atom. The Morgan fingerprint density at radius 2 is 1.96 bits per heavy atom. The van der Waals surface area contributed by atoms with Crippen LogP contribution in [0.4, 0.5) is 4.39 Å². The van der Waals surface area contributed by atoms with E-state index in [0.717, 1.165) is 24.8 Å². The number of hydrogen-bond donors (Lipinski definition) is 0. The van der Waals surface area contributed by atoms with Gasteiger partial charge in [0.2, 0.25) is 5.91 Å². The van der Waals surface area contributed by atoms with Gasteiger partial charge in [-0.15, -0.1) is 0 Å². The third-order valence-corrected chi connectivity index (χ3v) is 6.69. The summed E-state index contributed by atoms with van der Waals surface area (Å²) in [5.41, 5.74) is 0.997. The second-order valence-corrected chi connectivity index (χ2v) is 8.93. The molecule has 1 aromatic rings. The third-order valence-electron chi connectivity index (χ3n) is 4.92. The molecule has 1 aromatic carbocycles. The zero-order chi connectivity index (χ0) is 16.4. The molecule has 2 aliphatic rings. The summed E-state index contributed by atoms with van der Waals surface area (Å²) in [5, 5.41) is 0. The monoisotopic (exact) mass is 339 g/mol. The van der Waals surface area contributed by atoms with Crippen molar-refractivity contribution in [1.29, 1.82) is 0 Å². The maximum absolute atomic E-state index is 13.2. The normalized spacial score (nSPS) is 24.7. The lowest BCUT2D eigenvalue weighted by Crippen LogP contribution is -2.42. The maximum Gasteiger partial charge on any atom is 0.226 e. The van der Waals surface area contributed by atoms with Gasteiger partial charge in [0.1, 0.15) is 5.82 Å². The molecule has 0 aromatic heterocycles. The second kappa shape index (κ2) is 6.59. The van der Waals surface area contributed by atoms with E-state index < -0.39 is 9.84 Å². The molecule has 2 aliphatic heterocycles. The lowest BCUT2D eigenvalue weighted by molar-refractivity contribution is -0.136. The topological polar surface area (TPSA) is 54.5 Å². The van der Waals surface area contributed by atoms with E-state index >= 15 is 0 Å². The lowest BCUT2D eigenvalue weighted by Gasteiger charge is -2.33. The molecule has 2 heterocycles. The van der Waals surface area contributed by atoms with Gasteiger partial charge >= 0.3 is 0 Å². The largest absolute Gasteiger partial charge is 0.342 e. The van der Waals surface area contributed by atoms with E-state index in [0.29, 0.717) is 25.4 Å². The Bertz CT molecular complexity index is 681. The molecule has 0 aliphatic carbocycles. The molecule has 0 saturated carbocycles. The molecule has 6 heteroatoms. The number of halogens is 1. The predicted molar refractivity (Wildman–Crippen MR) is 86.2 cm³/mol. The number of sulfone groups is 1. The van der Waals surface area contributed by atoms with Gasteiger partial charge < -0.3 is 4.90 Å². The average Bonchev–Trinajstić information content (AvgIpc) is 2.87. The van der Waals surface area contributed by atoms with Gasteiger partial charge in [0, 0.05) is 13.1 Å². The molecule has 4 nitrogen and oxygen atoms in total. The minimum atomic E-state index is -3.02. The second-order valence-electron chi connectivity index (χ2n) is 6.70. The van der Waals surface area contributed by atoms with Gasteiger partial charge in [0.05, 0.1) is 17.4 Å². The molecule has 0 spiro atoms. The molecular weight excluding hydrogens is 317 g/mol. The lowest BCUT2D eigenvalue weighted by atomic mass is 9.89. The van der Waals surface area contributed by atoms with Crippen molar-refractivity contribution in [2.75, 3.05) is 24.6 Å². The first-order valence-corrected chi connectivity index (χ1v) is 9.99. The van der Waals surface area contributed by atoms with Crippen molar-refractivity contribution in [2.24, 2.45) is 11.8 Å². The summed E-state index contributed by atoms with van der Waals surface area (Å²) in [5.74, 6) is 0.0369. The fraction of sp³-hybridized carbons (Fsp3) is 0.588. The predicted octanol–water partition coefficient (Wildman–Crippen LogP) is 2.04. The summed E-state index contributed by atoms with van der Waals surface area (Å²) in [6.07, 6.45) is 3.07. The minimum Gasteiger partial charge on any atom is -0.342 e. The quantitative estimate of drug-likeness (QED) is 0.847. The molecule has 0 bridgehead atoms. The van der Waals surface area contributed by atoms with Gasteiger partial charge in [-0.1, -0.05) is 12.1 Å². The molecule has 3 rings (SSSR count). The number of nitrogens with zero attached hydrogens (tertiary/aromatic N) is 1. The number of rotatable bonds is 3. The molecule has 126 valence electrons. The number of amides is 1. The van der Waals surface area contributed by atoms with Gasteiger partial charge in [-0.2, -0.15) is 0 Å². The molecule has 1 atom stereocenters. The third kappa shape index (κ3) is 4.10. The van der Waals surface area contributed by atoms with Crippen LogP contribution in [0.5, 0.6) is 0 Å². The van der Waals surface area contributed by atoms with E-state index in [4.69, 9.17) is 0 Å². The summed E-state index contributed by atoms with van der Waals surface area (Å²) in [6.45, 7) is 1.35. The van der Waals surface area contributed by atoms with Crippen LogP contribution in [0.1, 0.15) is 24.8 Å². The summed E-state index contributed by atoms with van der Waals surface area (Å²) >= 11 is 0. The highest BCUT2D eigenvalue weighted by Crippen LogP contribution is 2.26. The van der Waals surface area contributed by atoms with E-state index in [1.165, 1.54) is 6.07 Å². The SMILES string of the molecule is O=C([C@H]1CCS(=O)(=O)C1)N1CCC(Cc2cccc(F)c2)CC1. The highest BCUT2D eigenvalue weighted by atomic mass is 32.2. The Labute approximate surface area is 136 Å². The number of likely N-dealkylation sites (tertiary alicyclic amines) is 1. The van der Waals surface area contributed by atoms with Gasteiger partial charge in [0.15, 0.2) is 9.84 Å². The van der Waals surface area contributed by atoms with Crippen LogP contribution in [0.25, 0.3) is 0 Å². The van der Waals surface area contributed by atoms with Crippen molar-refractivity contribution in [1.82, 2.24) is 4.90 Å². The van der Waals surface area contributed by atoms with Crippen molar-refractivity contribution in [3.63, 3.8) is 0 Å². The molecule has 0 unspecified atom stereocenters. The van der Waals surface area contributed by atoms with Crippen LogP contribution in [0.2, 0.25) is 0 Å². The summed E-state index contributed by atoms with van der Waals surface area (Å²) in [6, 6.07) is 6.68. The zero-order valence-corrected chi connectivity index (χ0v) is 13.9. The van der Waals surface area contributed by atoms with Crippen LogP contribution < -0.4 is 0 Å². The van der Waals surface area contributed by atoms with Crippen LogP contribution >= 0.6 is 0 Å². The van der Waals surface area contributed by atoms with Crippen LogP contribution in [-0.2, 0) is 21.1 Å². The highest BCUT2D eigenvalue weighted by Gasteiger charge is 2.36. The van der Waals surface area contributed by atoms with Crippen molar-refractivity contribution in [3.05, 3.63) is 35.6 Å². The van der Waals surface area contributed by atoms with Gasteiger partial charge in [-0.3, -0.25) is 4.79 Å². The first-order valence-electron chi connectivity index (χ1n) is 8.16. The number of carbonyl (C=O) groups excluding carboxylic acids is 1. The molecule has 23 heavy (non-hydrogen) atoms. The zero-order valence-electron chi connectivity index (χ0n) is 13.1. The van der Waals surface area contributed by atoms with Crippen LogP contribution in [-0.4, -0.2) is 43.8 Å². The number of piperidine rings is 1. The van der Waals surface area contributed by atoms with Crippen molar-refractivity contribution in [2.45, 2.75) is 25.7 Å². The minimum absolute atomic E-state index is 0.00437. The fourth-order valence-corrected chi connectivity index (χ4v) is 5.34. The van der Waals surface area contributed by atoms with Crippen molar-refractivity contribution in [3.8, 4) is 0 Å². The Kier molecular flexibility index (Phi) is 4.71. The summed E-state index contributed by atoms with van der Waals surface area (Å²) < 4.78 is 36.2. The van der Waals surface area contributed by atoms with Crippen LogP contribution in [0.15, 0.2) is 24.3 Å². The van der Waals surface area contributed by atoms with Crippen LogP contribution in [0.3, 0.4) is 0 Å². The van der Waals surface area contributed by atoms with E-state index in [-0.39, 0.29) is 29.1 Å².